The molecule has 0 amide bonds. The van der Waals surface area contributed by atoms with Gasteiger partial charge in [0.05, 0.1) is 9.44 Å². The van der Waals surface area contributed by atoms with Crippen molar-refractivity contribution in [2.75, 3.05) is 0 Å². The van der Waals surface area contributed by atoms with Gasteiger partial charge in [0.1, 0.15) is 7.05 Å². The van der Waals surface area contributed by atoms with E-state index in [2.05, 4.69) is 83.3 Å². The SMILES string of the molecule is [2H]c1cc(-c2ccc(C(C)(C)C)cc2C)[n+](C)cc1[Si](C)(C)C. The van der Waals surface area contributed by atoms with Gasteiger partial charge in [-0.2, -0.15) is 0 Å². The first-order valence-electron chi connectivity index (χ1n) is 8.53. The van der Waals surface area contributed by atoms with Crippen LogP contribution in [0.4, 0.5) is 0 Å². The number of aryl methyl sites for hydroxylation is 2. The Kier molecular flexibility index (Phi) is 3.98. The largest absolute Gasteiger partial charge is 0.212 e. The molecule has 22 heavy (non-hydrogen) atoms. The number of benzene rings is 1. The molecular formula is C20H30NSi+. The lowest BCUT2D eigenvalue weighted by Gasteiger charge is -2.20. The predicted octanol–water partition coefficient (Wildman–Crippen LogP) is 4.33. The van der Waals surface area contributed by atoms with Crippen LogP contribution in [0.2, 0.25) is 19.6 Å². The Labute approximate surface area is 138 Å². The second kappa shape index (κ2) is 5.66. The first kappa shape index (κ1) is 15.5. The molecule has 2 heteroatoms. The fourth-order valence-corrected chi connectivity index (χ4v) is 3.73. The van der Waals surface area contributed by atoms with E-state index in [1.807, 2.05) is 6.07 Å². The Hall–Kier alpha value is -1.41. The van der Waals surface area contributed by atoms with E-state index in [-0.39, 0.29) is 5.41 Å². The zero-order valence-corrected chi connectivity index (χ0v) is 16.3. The molecule has 2 aromatic rings. The first-order chi connectivity index (χ1) is 10.4. The zero-order valence-electron chi connectivity index (χ0n) is 16.3. The van der Waals surface area contributed by atoms with E-state index in [1.54, 1.807) is 0 Å². The summed E-state index contributed by atoms with van der Waals surface area (Å²) in [5, 5.41) is 1.22. The monoisotopic (exact) mass is 313 g/mol. The molecule has 118 valence electrons. The second-order valence-corrected chi connectivity index (χ2v) is 13.4. The highest BCUT2D eigenvalue weighted by atomic mass is 28.3. The van der Waals surface area contributed by atoms with Crippen LogP contribution in [0.1, 0.15) is 33.3 Å². The maximum Gasteiger partial charge on any atom is 0.212 e. The van der Waals surface area contributed by atoms with Gasteiger partial charge in [-0.3, -0.25) is 0 Å². The highest BCUT2D eigenvalue weighted by Gasteiger charge is 2.22. The molecular weight excluding hydrogens is 282 g/mol. The maximum absolute atomic E-state index is 8.45. The van der Waals surface area contributed by atoms with Gasteiger partial charge in [-0.15, -0.1) is 0 Å². The minimum Gasteiger partial charge on any atom is -0.201 e. The average molecular weight is 314 g/mol. The first-order valence-corrected chi connectivity index (χ1v) is 11.5. The normalized spacial score (nSPS) is 13.2. The summed E-state index contributed by atoms with van der Waals surface area (Å²) in [5.74, 6) is 0. The van der Waals surface area contributed by atoms with Crippen LogP contribution >= 0.6 is 0 Å². The van der Waals surface area contributed by atoms with E-state index in [9.17, 15) is 0 Å². The molecule has 0 N–H and O–H groups in total. The van der Waals surface area contributed by atoms with Crippen LogP contribution in [-0.2, 0) is 12.5 Å². The van der Waals surface area contributed by atoms with Crippen LogP contribution in [0.25, 0.3) is 11.3 Å². The highest BCUT2D eigenvalue weighted by molar-refractivity contribution is 6.88. The van der Waals surface area contributed by atoms with Crippen molar-refractivity contribution in [3.63, 3.8) is 0 Å². The van der Waals surface area contributed by atoms with E-state index in [4.69, 9.17) is 1.37 Å². The quantitative estimate of drug-likeness (QED) is 0.574. The molecule has 0 radical (unpaired) electrons. The summed E-state index contributed by atoms with van der Waals surface area (Å²) in [5.41, 5.74) is 5.12. The van der Waals surface area contributed by atoms with Crippen LogP contribution in [0.5, 0.6) is 0 Å². The van der Waals surface area contributed by atoms with Crippen molar-refractivity contribution >= 4 is 13.3 Å². The van der Waals surface area contributed by atoms with E-state index in [0.717, 1.165) is 5.69 Å². The summed E-state index contributed by atoms with van der Waals surface area (Å²) < 4.78 is 10.6. The van der Waals surface area contributed by atoms with Crippen LogP contribution in [0.15, 0.2) is 36.5 Å². The molecule has 0 fully saturated rings. The van der Waals surface area contributed by atoms with Crippen LogP contribution in [0.3, 0.4) is 0 Å². The summed E-state index contributed by atoms with van der Waals surface area (Å²) in [7, 11) is 0.604. The number of rotatable bonds is 2. The number of aromatic nitrogens is 1. The molecule has 1 aromatic carbocycles. The van der Waals surface area contributed by atoms with Gasteiger partial charge in [0.15, 0.2) is 6.20 Å². The summed E-state index contributed by atoms with van der Waals surface area (Å²) in [6, 6.07) is 9.42. The van der Waals surface area contributed by atoms with Crippen molar-refractivity contribution in [2.24, 2.45) is 7.05 Å². The van der Waals surface area contributed by atoms with E-state index >= 15 is 0 Å². The Morgan fingerprint density at radius 1 is 1.09 bits per heavy atom. The molecule has 1 heterocycles. The van der Waals surface area contributed by atoms with Gasteiger partial charge in [-0.25, -0.2) is 4.57 Å². The lowest BCUT2D eigenvalue weighted by Crippen LogP contribution is -2.44. The number of pyridine rings is 1. The van der Waals surface area contributed by atoms with Crippen molar-refractivity contribution in [3.8, 4) is 11.3 Å². The van der Waals surface area contributed by atoms with Gasteiger partial charge in [0.2, 0.25) is 5.69 Å². The van der Waals surface area contributed by atoms with Crippen molar-refractivity contribution in [1.82, 2.24) is 0 Å². The second-order valence-electron chi connectivity index (χ2n) is 8.36. The number of hydrogen-bond acceptors (Lipinski definition) is 0. The standard InChI is InChI=1S/C20H30NSi/c1-15-13-16(20(2,3)4)9-11-18(15)19-12-10-17(14-21(19)5)22(6,7)8/h9-14H,1-8H3/q+1/i10D. The van der Waals surface area contributed by atoms with E-state index in [1.165, 1.54) is 21.9 Å². The zero-order chi connectivity index (χ0) is 17.6. The van der Waals surface area contributed by atoms with Gasteiger partial charge in [0.25, 0.3) is 0 Å². The van der Waals surface area contributed by atoms with Crippen LogP contribution in [0, 0.1) is 6.92 Å². The fourth-order valence-electron chi connectivity index (χ4n) is 2.64. The lowest BCUT2D eigenvalue weighted by atomic mass is 9.85. The Balaban J connectivity index is 2.58. The van der Waals surface area contributed by atoms with Crippen molar-refractivity contribution in [1.29, 1.82) is 0 Å². The molecule has 0 aliphatic rings. The summed E-state index contributed by atoms with van der Waals surface area (Å²) in [4.78, 5) is 0. The number of hydrogen-bond donors (Lipinski definition) is 0. The molecule has 0 aliphatic carbocycles. The molecule has 0 unspecified atom stereocenters. The summed E-state index contributed by atoms with van der Waals surface area (Å²) in [6.07, 6.45) is 2.17. The van der Waals surface area contributed by atoms with Crippen LogP contribution in [-0.4, -0.2) is 8.07 Å². The molecule has 0 atom stereocenters. The van der Waals surface area contributed by atoms with E-state index in [0.29, 0.717) is 6.04 Å². The molecule has 1 nitrogen and oxygen atoms in total. The van der Waals surface area contributed by atoms with Crippen molar-refractivity contribution < 1.29 is 5.94 Å². The third-order valence-corrected chi connectivity index (χ3v) is 6.13. The van der Waals surface area contributed by atoms with E-state index < -0.39 is 8.07 Å². The third-order valence-electron chi connectivity index (χ3n) is 4.24. The molecule has 2 rings (SSSR count). The smallest absolute Gasteiger partial charge is 0.201 e. The minimum atomic E-state index is -1.49. The molecule has 0 spiro atoms. The van der Waals surface area contributed by atoms with Crippen LogP contribution < -0.4 is 9.75 Å². The molecule has 0 bridgehead atoms. The Morgan fingerprint density at radius 2 is 1.73 bits per heavy atom. The maximum atomic E-state index is 8.45. The molecule has 1 aromatic heterocycles. The average Bonchev–Trinajstić information content (AvgIpc) is 2.39. The van der Waals surface area contributed by atoms with Gasteiger partial charge >= 0.3 is 0 Å². The lowest BCUT2D eigenvalue weighted by molar-refractivity contribution is -0.659. The minimum absolute atomic E-state index is 0.160. The Morgan fingerprint density at radius 3 is 2.23 bits per heavy atom. The molecule has 0 saturated carbocycles. The van der Waals surface area contributed by atoms with Gasteiger partial charge in [0, 0.05) is 16.8 Å². The highest BCUT2D eigenvalue weighted by Crippen LogP contribution is 2.27. The van der Waals surface area contributed by atoms with Gasteiger partial charge in [-0.1, -0.05) is 58.6 Å². The molecule has 0 aliphatic heterocycles. The van der Waals surface area contributed by atoms with Gasteiger partial charge < -0.3 is 0 Å². The topological polar surface area (TPSA) is 3.88 Å². The predicted molar refractivity (Wildman–Crippen MR) is 99.5 cm³/mol. The van der Waals surface area contributed by atoms with Crippen molar-refractivity contribution in [3.05, 3.63) is 47.6 Å². The molecule has 0 saturated heterocycles. The number of nitrogens with zero attached hydrogens (tertiary/aromatic N) is 1. The summed E-state index contributed by atoms with van der Waals surface area (Å²) >= 11 is 0. The summed E-state index contributed by atoms with van der Waals surface area (Å²) in [6.45, 7) is 15.8. The van der Waals surface area contributed by atoms with Gasteiger partial charge in [-0.05, 0) is 29.5 Å². The fraction of sp³-hybridized carbons (Fsp3) is 0.450. The van der Waals surface area contributed by atoms with Crippen molar-refractivity contribution in [2.45, 2.75) is 52.8 Å². The Bertz CT molecular complexity index is 737. The third kappa shape index (κ3) is 3.49.